The van der Waals surface area contributed by atoms with Gasteiger partial charge in [-0.25, -0.2) is 4.98 Å². The molecule has 3 rings (SSSR count). The van der Waals surface area contributed by atoms with Crippen LogP contribution < -0.4 is 5.32 Å². The fourth-order valence-corrected chi connectivity index (χ4v) is 2.97. The van der Waals surface area contributed by atoms with Crippen molar-refractivity contribution in [1.29, 1.82) is 0 Å². The largest absolute Gasteiger partial charge is 0.462 e. The highest BCUT2D eigenvalue weighted by Gasteiger charge is 2.13. The Kier molecular flexibility index (Phi) is 5.59. The summed E-state index contributed by atoms with van der Waals surface area (Å²) in [6, 6.07) is 9.85. The molecule has 0 fully saturated rings. The molecule has 0 atom stereocenters. The fourth-order valence-electron chi connectivity index (χ4n) is 2.19. The van der Waals surface area contributed by atoms with Crippen LogP contribution in [0.15, 0.2) is 52.5 Å². The molecule has 3 aromatic rings. The first-order valence-electron chi connectivity index (χ1n) is 7.74. The predicted octanol–water partition coefficient (Wildman–Crippen LogP) is 3.86. The number of carbonyl (C=O) groups excluding carboxylic acids is 1. The molecule has 0 saturated heterocycles. The number of carbonyl (C=O) groups is 1. The number of furan rings is 1. The highest BCUT2D eigenvalue weighted by molar-refractivity contribution is 7.13. The minimum Gasteiger partial charge on any atom is -0.462 e. The van der Waals surface area contributed by atoms with E-state index in [1.807, 2.05) is 6.07 Å². The van der Waals surface area contributed by atoms with Crippen LogP contribution in [0.3, 0.4) is 0 Å². The van der Waals surface area contributed by atoms with Crippen LogP contribution in [-0.2, 0) is 16.1 Å². The molecule has 0 aliphatic rings. The van der Waals surface area contributed by atoms with E-state index >= 15 is 0 Å². The molecule has 0 aliphatic heterocycles. The molecule has 2 aromatic heterocycles. The number of ether oxygens (including phenoxy) is 1. The maximum Gasteiger partial charge on any atom is 0.307 e. The lowest BCUT2D eigenvalue weighted by molar-refractivity contribution is -0.384. The molecular formula is C17H15N3O5S. The zero-order chi connectivity index (χ0) is 18.4. The van der Waals surface area contributed by atoms with Gasteiger partial charge in [-0.15, -0.1) is 11.3 Å². The Bertz CT molecular complexity index is 891. The zero-order valence-corrected chi connectivity index (χ0v) is 14.4. The Balaban J connectivity index is 1.44. The minimum absolute atomic E-state index is 0.0335. The minimum atomic E-state index is -0.473. The molecule has 26 heavy (non-hydrogen) atoms. The molecular weight excluding hydrogens is 358 g/mol. The molecule has 0 saturated carbocycles. The Hall–Kier alpha value is -3.20. The van der Waals surface area contributed by atoms with E-state index in [1.54, 1.807) is 35.9 Å². The van der Waals surface area contributed by atoms with Gasteiger partial charge in [0.1, 0.15) is 12.3 Å². The quantitative estimate of drug-likeness (QED) is 0.363. The van der Waals surface area contributed by atoms with Gasteiger partial charge >= 0.3 is 5.97 Å². The summed E-state index contributed by atoms with van der Waals surface area (Å²) in [6.07, 6.45) is 1.65. The van der Waals surface area contributed by atoms with Gasteiger partial charge < -0.3 is 14.5 Å². The first kappa shape index (κ1) is 17.6. The van der Waals surface area contributed by atoms with E-state index in [4.69, 9.17) is 9.15 Å². The topological polar surface area (TPSA) is 108 Å². The molecule has 8 nitrogen and oxygen atoms in total. The van der Waals surface area contributed by atoms with Crippen LogP contribution in [-0.4, -0.2) is 22.4 Å². The average Bonchev–Trinajstić information content (AvgIpc) is 3.31. The number of aromatic nitrogens is 1. The Morgan fingerprint density at radius 1 is 1.31 bits per heavy atom. The van der Waals surface area contributed by atoms with Gasteiger partial charge in [0.25, 0.3) is 5.69 Å². The van der Waals surface area contributed by atoms with Gasteiger partial charge in [-0.2, -0.15) is 0 Å². The van der Waals surface area contributed by atoms with E-state index in [0.717, 1.165) is 5.01 Å². The number of hydrogen-bond donors (Lipinski definition) is 1. The first-order valence-corrected chi connectivity index (χ1v) is 8.62. The monoisotopic (exact) mass is 373 g/mol. The van der Waals surface area contributed by atoms with Crippen LogP contribution in [0.2, 0.25) is 0 Å². The molecule has 0 aliphatic carbocycles. The number of thiazole rings is 1. The van der Waals surface area contributed by atoms with Crippen molar-refractivity contribution in [2.45, 2.75) is 13.0 Å². The van der Waals surface area contributed by atoms with E-state index in [-0.39, 0.29) is 25.3 Å². The fraction of sp³-hybridized carbons (Fsp3) is 0.176. The maximum absolute atomic E-state index is 11.8. The molecule has 2 heterocycles. The van der Waals surface area contributed by atoms with E-state index in [2.05, 4.69) is 10.3 Å². The molecule has 0 spiro atoms. The second kappa shape index (κ2) is 8.26. The molecule has 0 amide bonds. The highest BCUT2D eigenvalue weighted by Crippen LogP contribution is 2.24. The van der Waals surface area contributed by atoms with E-state index < -0.39 is 10.9 Å². The zero-order valence-electron chi connectivity index (χ0n) is 13.6. The summed E-state index contributed by atoms with van der Waals surface area (Å²) in [7, 11) is 0. The van der Waals surface area contributed by atoms with Gasteiger partial charge in [0, 0.05) is 18.0 Å². The van der Waals surface area contributed by atoms with Gasteiger partial charge in [0.15, 0.2) is 10.8 Å². The van der Waals surface area contributed by atoms with Crippen LogP contribution in [0.5, 0.6) is 0 Å². The van der Waals surface area contributed by atoms with Gasteiger partial charge in [-0.3, -0.25) is 14.9 Å². The summed E-state index contributed by atoms with van der Waals surface area (Å²) < 4.78 is 10.4. The van der Waals surface area contributed by atoms with E-state index in [0.29, 0.717) is 17.1 Å². The lowest BCUT2D eigenvalue weighted by Gasteiger charge is -2.07. The Morgan fingerprint density at radius 2 is 2.15 bits per heavy atom. The van der Waals surface area contributed by atoms with Gasteiger partial charge in [-0.1, -0.05) is 12.1 Å². The number of esters is 1. The van der Waals surface area contributed by atoms with Crippen molar-refractivity contribution in [2.75, 3.05) is 11.9 Å². The standard InChI is InChI=1S/C17H15N3O5S/c21-16(7-8-18-13-4-1-2-5-14(13)20(22)23)25-10-12-11-26-17(19-12)15-6-3-9-24-15/h1-6,9,11,18H,7-8,10H2. The number of nitro groups is 1. The second-order valence-electron chi connectivity index (χ2n) is 5.23. The average molecular weight is 373 g/mol. The number of para-hydroxylation sites is 2. The predicted molar refractivity (Wildman–Crippen MR) is 95.8 cm³/mol. The SMILES string of the molecule is O=C(CCNc1ccccc1[N+](=O)[O-])OCc1csc(-c2ccco2)n1. The summed E-state index contributed by atoms with van der Waals surface area (Å²) >= 11 is 1.41. The summed E-state index contributed by atoms with van der Waals surface area (Å²) in [5.41, 5.74) is 0.975. The van der Waals surface area contributed by atoms with Gasteiger partial charge in [0.05, 0.1) is 23.3 Å². The van der Waals surface area contributed by atoms with Crippen molar-refractivity contribution in [3.63, 3.8) is 0 Å². The number of anilines is 1. The summed E-state index contributed by atoms with van der Waals surface area (Å²) in [5.74, 6) is 0.255. The van der Waals surface area contributed by atoms with Crippen molar-refractivity contribution in [1.82, 2.24) is 4.98 Å². The lowest BCUT2D eigenvalue weighted by Crippen LogP contribution is -2.12. The molecule has 0 radical (unpaired) electrons. The molecule has 0 unspecified atom stereocenters. The van der Waals surface area contributed by atoms with Crippen LogP contribution in [0, 0.1) is 10.1 Å². The number of nitro benzene ring substituents is 1. The van der Waals surface area contributed by atoms with Crippen LogP contribution in [0.4, 0.5) is 11.4 Å². The molecule has 9 heteroatoms. The molecule has 1 aromatic carbocycles. The molecule has 1 N–H and O–H groups in total. The third-order valence-electron chi connectivity index (χ3n) is 3.41. The number of rotatable bonds is 8. The van der Waals surface area contributed by atoms with Crippen molar-refractivity contribution < 1.29 is 18.9 Å². The third-order valence-corrected chi connectivity index (χ3v) is 4.32. The second-order valence-corrected chi connectivity index (χ2v) is 6.09. The van der Waals surface area contributed by atoms with Crippen molar-refractivity contribution >= 4 is 28.7 Å². The number of nitrogens with one attached hydrogen (secondary N) is 1. The lowest BCUT2D eigenvalue weighted by atomic mass is 10.2. The number of hydrogen-bond acceptors (Lipinski definition) is 8. The van der Waals surface area contributed by atoms with Crippen molar-refractivity contribution in [2.24, 2.45) is 0 Å². The summed E-state index contributed by atoms with van der Waals surface area (Å²) in [4.78, 5) is 26.6. The molecule has 0 bridgehead atoms. The van der Waals surface area contributed by atoms with Crippen LogP contribution in [0.25, 0.3) is 10.8 Å². The highest BCUT2D eigenvalue weighted by atomic mass is 32.1. The smallest absolute Gasteiger partial charge is 0.307 e. The van der Waals surface area contributed by atoms with Gasteiger partial charge in [-0.05, 0) is 18.2 Å². The number of nitrogens with zero attached hydrogens (tertiary/aromatic N) is 2. The van der Waals surface area contributed by atoms with E-state index in [9.17, 15) is 14.9 Å². The Labute approximate surface area is 152 Å². The van der Waals surface area contributed by atoms with Gasteiger partial charge in [0.2, 0.25) is 0 Å². The van der Waals surface area contributed by atoms with Crippen molar-refractivity contribution in [3.8, 4) is 10.8 Å². The third kappa shape index (κ3) is 4.45. The normalized spacial score (nSPS) is 10.5. The summed E-state index contributed by atoms with van der Waals surface area (Å²) in [5, 5.41) is 16.3. The molecule has 134 valence electrons. The van der Waals surface area contributed by atoms with Crippen LogP contribution >= 0.6 is 11.3 Å². The maximum atomic E-state index is 11.8. The van der Waals surface area contributed by atoms with E-state index in [1.165, 1.54) is 17.4 Å². The Morgan fingerprint density at radius 3 is 2.92 bits per heavy atom. The van der Waals surface area contributed by atoms with Crippen molar-refractivity contribution in [3.05, 3.63) is 63.8 Å². The first-order chi connectivity index (χ1) is 12.6. The number of benzene rings is 1. The summed E-state index contributed by atoms with van der Waals surface area (Å²) in [6.45, 7) is 0.305. The van der Waals surface area contributed by atoms with Crippen LogP contribution in [0.1, 0.15) is 12.1 Å².